The first-order chi connectivity index (χ1) is 15.2. The van der Waals surface area contributed by atoms with E-state index in [1.54, 1.807) is 6.20 Å². The highest BCUT2D eigenvalue weighted by Crippen LogP contribution is 2.33. The number of rotatable bonds is 4. The highest BCUT2D eigenvalue weighted by molar-refractivity contribution is 6.33. The van der Waals surface area contributed by atoms with Crippen LogP contribution in [0.5, 0.6) is 0 Å². The lowest BCUT2D eigenvalue weighted by Gasteiger charge is -2.28. The molecule has 3 heterocycles. The normalized spacial score (nSPS) is 14.1. The Labute approximate surface area is 185 Å². The first-order valence-corrected chi connectivity index (χ1v) is 10.9. The van der Waals surface area contributed by atoms with Gasteiger partial charge in [-0.3, -0.25) is 4.79 Å². The molecule has 0 saturated heterocycles. The molecule has 0 amide bonds. The minimum Gasteiger partial charge on any atom is -0.365 e. The van der Waals surface area contributed by atoms with E-state index in [-0.39, 0.29) is 10.6 Å². The van der Waals surface area contributed by atoms with Crippen LogP contribution in [0, 0.1) is 0 Å². The number of anilines is 1. The van der Waals surface area contributed by atoms with E-state index in [4.69, 9.17) is 11.6 Å². The molecule has 0 spiro atoms. The molecule has 0 atom stereocenters. The summed E-state index contributed by atoms with van der Waals surface area (Å²) >= 11 is 6.49. The van der Waals surface area contributed by atoms with Gasteiger partial charge in [-0.1, -0.05) is 61.0 Å². The van der Waals surface area contributed by atoms with Gasteiger partial charge < -0.3 is 9.88 Å². The molecule has 4 aromatic rings. The second-order valence-corrected chi connectivity index (χ2v) is 8.10. The number of hydrogen-bond acceptors (Lipinski definition) is 3. The van der Waals surface area contributed by atoms with Gasteiger partial charge in [0.15, 0.2) is 0 Å². The molecule has 1 aliphatic rings. The maximum Gasteiger partial charge on any atom is 0.292 e. The van der Waals surface area contributed by atoms with Crippen LogP contribution in [0.4, 0.5) is 5.69 Å². The number of H-pyrrole nitrogens is 1. The monoisotopic (exact) mass is 430 g/mol. The van der Waals surface area contributed by atoms with Crippen molar-refractivity contribution in [3.05, 3.63) is 93.5 Å². The third-order valence-corrected chi connectivity index (χ3v) is 6.34. The average Bonchev–Trinajstić information content (AvgIpc) is 3.26. The van der Waals surface area contributed by atoms with Gasteiger partial charge in [0.25, 0.3) is 5.56 Å². The van der Waals surface area contributed by atoms with E-state index in [2.05, 4.69) is 52.4 Å². The van der Waals surface area contributed by atoms with E-state index >= 15 is 0 Å². The highest BCUT2D eigenvalue weighted by atomic mass is 35.5. The van der Waals surface area contributed by atoms with Crippen molar-refractivity contribution in [3.8, 4) is 5.69 Å². The predicted molar refractivity (Wildman–Crippen MR) is 127 cm³/mol. The van der Waals surface area contributed by atoms with E-state index in [0.29, 0.717) is 17.9 Å². The van der Waals surface area contributed by atoms with E-state index in [1.165, 1.54) is 32.3 Å². The lowest BCUT2D eigenvalue weighted by atomic mass is 9.97. The molecule has 1 aliphatic heterocycles. The van der Waals surface area contributed by atoms with Gasteiger partial charge in [0.2, 0.25) is 0 Å². The Balaban J connectivity index is 1.43. The molecule has 2 aromatic heterocycles. The van der Waals surface area contributed by atoms with Crippen molar-refractivity contribution in [1.29, 1.82) is 0 Å². The van der Waals surface area contributed by atoms with E-state index < -0.39 is 0 Å². The topological polar surface area (TPSA) is 53.9 Å². The fourth-order valence-corrected chi connectivity index (χ4v) is 4.56. The molecule has 2 aromatic carbocycles. The molecule has 0 unspecified atom stereocenters. The molecule has 0 radical (unpaired) electrons. The molecule has 0 aliphatic carbocycles. The number of fused-ring (bicyclic) bond motifs is 1. The number of nitrogens with one attached hydrogen (secondary N) is 1. The third-order valence-electron chi connectivity index (χ3n) is 5.98. The Morgan fingerprint density at radius 1 is 1.13 bits per heavy atom. The Morgan fingerprint density at radius 2 is 1.97 bits per heavy atom. The van der Waals surface area contributed by atoms with Crippen LogP contribution in [0.2, 0.25) is 5.02 Å². The van der Waals surface area contributed by atoms with Crippen molar-refractivity contribution in [2.75, 3.05) is 18.0 Å². The second kappa shape index (κ2) is 8.08. The summed E-state index contributed by atoms with van der Waals surface area (Å²) in [6.45, 7) is 3.64. The van der Waals surface area contributed by atoms with Gasteiger partial charge >= 0.3 is 0 Å². The molecule has 6 heteroatoms. The van der Waals surface area contributed by atoms with Gasteiger partial charge in [0, 0.05) is 35.8 Å². The molecule has 0 saturated carbocycles. The van der Waals surface area contributed by atoms with Gasteiger partial charge in [-0.2, -0.15) is 9.78 Å². The van der Waals surface area contributed by atoms with Crippen LogP contribution in [0.1, 0.15) is 24.5 Å². The van der Waals surface area contributed by atoms with Crippen LogP contribution in [0.15, 0.2) is 71.8 Å². The van der Waals surface area contributed by atoms with Gasteiger partial charge in [0.1, 0.15) is 5.02 Å². The maximum atomic E-state index is 12.8. The summed E-state index contributed by atoms with van der Waals surface area (Å²) in [6, 6.07) is 15.8. The first-order valence-electron chi connectivity index (χ1n) is 10.5. The van der Waals surface area contributed by atoms with Gasteiger partial charge in [-0.15, -0.1) is 0 Å². The largest absolute Gasteiger partial charge is 0.365 e. The van der Waals surface area contributed by atoms with Crippen LogP contribution >= 0.6 is 11.6 Å². The fourth-order valence-electron chi connectivity index (χ4n) is 4.31. The molecule has 156 valence electrons. The van der Waals surface area contributed by atoms with Crippen molar-refractivity contribution >= 4 is 33.8 Å². The van der Waals surface area contributed by atoms with Crippen LogP contribution in [0.3, 0.4) is 0 Å². The van der Waals surface area contributed by atoms with E-state index in [9.17, 15) is 4.79 Å². The van der Waals surface area contributed by atoms with Crippen molar-refractivity contribution in [2.45, 2.75) is 19.8 Å². The minimum absolute atomic E-state index is 0.204. The summed E-state index contributed by atoms with van der Waals surface area (Å²) in [7, 11) is 0. The van der Waals surface area contributed by atoms with Crippen molar-refractivity contribution < 1.29 is 0 Å². The van der Waals surface area contributed by atoms with Gasteiger partial charge in [-0.05, 0) is 36.1 Å². The Bertz CT molecular complexity index is 1340. The third kappa shape index (κ3) is 3.45. The maximum absolute atomic E-state index is 12.8. The summed E-state index contributed by atoms with van der Waals surface area (Å²) in [5.41, 5.74) is 6.21. The number of halogens is 1. The summed E-state index contributed by atoms with van der Waals surface area (Å²) in [5.74, 6) is 0. The van der Waals surface area contributed by atoms with Crippen molar-refractivity contribution in [3.63, 3.8) is 0 Å². The second-order valence-electron chi connectivity index (χ2n) is 7.72. The van der Waals surface area contributed by atoms with Crippen molar-refractivity contribution in [2.24, 2.45) is 0 Å². The zero-order valence-electron chi connectivity index (χ0n) is 17.3. The van der Waals surface area contributed by atoms with Gasteiger partial charge in [-0.25, -0.2) is 0 Å². The van der Waals surface area contributed by atoms with Crippen molar-refractivity contribution in [1.82, 2.24) is 14.8 Å². The number of para-hydroxylation sites is 2. The summed E-state index contributed by atoms with van der Waals surface area (Å²) in [6.07, 6.45) is 7.91. The number of benzene rings is 2. The average molecular weight is 431 g/mol. The SMILES string of the molecule is CCc1cccc2c(C3=CCN(c4cnn(-c5ccccc5)c(=O)c4Cl)CC3)c[nH]c12. The predicted octanol–water partition coefficient (Wildman–Crippen LogP) is 5.22. The molecule has 0 fully saturated rings. The summed E-state index contributed by atoms with van der Waals surface area (Å²) < 4.78 is 1.34. The summed E-state index contributed by atoms with van der Waals surface area (Å²) in [5, 5.41) is 5.84. The number of aromatic amines is 1. The quantitative estimate of drug-likeness (QED) is 0.482. The Hall–Kier alpha value is -3.31. The molecule has 0 bridgehead atoms. The molecular formula is C25H23ClN4O. The fraction of sp³-hybridized carbons (Fsp3) is 0.200. The minimum atomic E-state index is -0.302. The Morgan fingerprint density at radius 3 is 2.71 bits per heavy atom. The lowest BCUT2D eigenvalue weighted by Crippen LogP contribution is -2.31. The number of nitrogens with zero attached hydrogens (tertiary/aromatic N) is 3. The van der Waals surface area contributed by atoms with Crippen LogP contribution in [-0.2, 0) is 6.42 Å². The van der Waals surface area contributed by atoms with Crippen LogP contribution < -0.4 is 10.5 Å². The van der Waals surface area contributed by atoms with E-state index in [0.717, 1.165) is 19.4 Å². The lowest BCUT2D eigenvalue weighted by molar-refractivity contribution is 0.779. The zero-order chi connectivity index (χ0) is 21.4. The molecular weight excluding hydrogens is 408 g/mol. The zero-order valence-corrected chi connectivity index (χ0v) is 18.1. The van der Waals surface area contributed by atoms with Crippen LogP contribution in [0.25, 0.3) is 22.2 Å². The number of hydrogen-bond donors (Lipinski definition) is 1. The first kappa shape index (κ1) is 19.6. The standard InChI is InChI=1S/C25H23ClN4O/c1-2-17-7-6-10-20-21(15-27-24(17)20)18-11-13-29(14-12-18)22-16-28-30(25(31)23(22)26)19-8-4-3-5-9-19/h3-11,15-16,27H,2,12-14H2,1H3. The Kier molecular flexibility index (Phi) is 5.12. The molecule has 5 nitrogen and oxygen atoms in total. The number of aryl methyl sites for hydroxylation is 1. The highest BCUT2D eigenvalue weighted by Gasteiger charge is 2.20. The number of aromatic nitrogens is 3. The smallest absolute Gasteiger partial charge is 0.292 e. The molecule has 1 N–H and O–H groups in total. The van der Waals surface area contributed by atoms with E-state index in [1.807, 2.05) is 30.3 Å². The van der Waals surface area contributed by atoms with Gasteiger partial charge in [0.05, 0.1) is 17.6 Å². The molecule has 5 rings (SSSR count). The molecule has 31 heavy (non-hydrogen) atoms. The summed E-state index contributed by atoms with van der Waals surface area (Å²) in [4.78, 5) is 18.4. The van der Waals surface area contributed by atoms with Crippen LogP contribution in [-0.4, -0.2) is 27.9 Å².